The lowest BCUT2D eigenvalue weighted by Crippen LogP contribution is -2.35. The molecule has 0 aromatic heterocycles. The molecular weight excluding hydrogens is 356 g/mol. The molecule has 0 aliphatic carbocycles. The molecule has 0 saturated carbocycles. The van der Waals surface area contributed by atoms with Gasteiger partial charge in [0.05, 0.1) is 4.90 Å². The molecule has 0 saturated heterocycles. The van der Waals surface area contributed by atoms with Crippen LogP contribution < -0.4 is 20.7 Å². The number of primary sulfonamides is 1. The highest BCUT2D eigenvalue weighted by molar-refractivity contribution is 7.89. The number of sulfonamides is 1. The smallest absolute Gasteiger partial charge is 0.313 e. The monoisotopic (exact) mass is 376 g/mol. The van der Waals surface area contributed by atoms with E-state index < -0.39 is 21.8 Å². The molecule has 0 fully saturated rings. The highest BCUT2D eigenvalue weighted by Gasteiger charge is 2.14. The Labute approximate surface area is 152 Å². The summed E-state index contributed by atoms with van der Waals surface area (Å²) < 4.78 is 22.4. The van der Waals surface area contributed by atoms with Gasteiger partial charge in [0, 0.05) is 32.0 Å². The van der Waals surface area contributed by atoms with E-state index in [0.29, 0.717) is 11.3 Å². The number of nitrogens with one attached hydrogen (secondary N) is 2. The van der Waals surface area contributed by atoms with E-state index in [4.69, 9.17) is 5.14 Å². The maximum atomic E-state index is 12.0. The van der Waals surface area contributed by atoms with Crippen LogP contribution in [0.3, 0.4) is 0 Å². The minimum absolute atomic E-state index is 0.0221. The molecule has 0 heterocycles. The molecule has 0 spiro atoms. The molecule has 2 aromatic carbocycles. The number of nitrogens with zero attached hydrogens (tertiary/aromatic N) is 1. The zero-order valence-electron chi connectivity index (χ0n) is 14.4. The van der Waals surface area contributed by atoms with Crippen molar-refractivity contribution in [3.63, 3.8) is 0 Å². The number of rotatable bonds is 5. The number of nitrogens with two attached hydrogens (primary N) is 1. The van der Waals surface area contributed by atoms with Crippen molar-refractivity contribution in [2.45, 2.75) is 11.4 Å². The molecule has 2 amide bonds. The zero-order valence-corrected chi connectivity index (χ0v) is 15.2. The Bertz CT molecular complexity index is 909. The van der Waals surface area contributed by atoms with Gasteiger partial charge in [0.2, 0.25) is 10.0 Å². The van der Waals surface area contributed by atoms with E-state index in [9.17, 15) is 18.0 Å². The number of amides is 2. The lowest BCUT2D eigenvalue weighted by molar-refractivity contribution is -0.136. The molecule has 2 aromatic rings. The van der Waals surface area contributed by atoms with Crippen LogP contribution in [0, 0.1) is 0 Å². The SMILES string of the molecule is CN(C)c1cccc(NC(=O)C(=O)NCc2ccc(S(N)(=O)=O)cc2)c1. The summed E-state index contributed by atoms with van der Waals surface area (Å²) in [6.07, 6.45) is 0. The van der Waals surface area contributed by atoms with Crippen LogP contribution in [0.2, 0.25) is 0 Å². The standard InChI is InChI=1S/C17H20N4O4S/c1-21(2)14-5-3-4-13(10-14)20-17(23)16(22)19-11-12-6-8-15(9-7-12)26(18,24)25/h3-10H,11H2,1-2H3,(H,19,22)(H,20,23)(H2,18,24,25). The molecular formula is C17H20N4O4S. The predicted molar refractivity (Wildman–Crippen MR) is 99.1 cm³/mol. The molecule has 138 valence electrons. The molecule has 0 bridgehead atoms. The van der Waals surface area contributed by atoms with Crippen molar-refractivity contribution in [2.75, 3.05) is 24.3 Å². The Hall–Kier alpha value is -2.91. The van der Waals surface area contributed by atoms with Crippen LogP contribution in [0.1, 0.15) is 5.56 Å². The van der Waals surface area contributed by atoms with Crippen molar-refractivity contribution in [1.29, 1.82) is 0 Å². The average Bonchev–Trinajstić information content (AvgIpc) is 2.59. The predicted octanol–water partition coefficient (Wildman–Crippen LogP) is 0.655. The fourth-order valence-corrected chi connectivity index (χ4v) is 2.62. The number of benzene rings is 2. The average molecular weight is 376 g/mol. The second-order valence-electron chi connectivity index (χ2n) is 5.77. The van der Waals surface area contributed by atoms with E-state index in [0.717, 1.165) is 5.69 Å². The normalized spacial score (nSPS) is 10.9. The summed E-state index contributed by atoms with van der Waals surface area (Å²) in [6.45, 7) is 0.0783. The van der Waals surface area contributed by atoms with Gasteiger partial charge in [-0.05, 0) is 35.9 Å². The molecule has 0 atom stereocenters. The van der Waals surface area contributed by atoms with Gasteiger partial charge >= 0.3 is 11.8 Å². The number of carbonyl (C=O) groups is 2. The Kier molecular flexibility index (Phi) is 5.96. The van der Waals surface area contributed by atoms with Gasteiger partial charge in [0.1, 0.15) is 0 Å². The van der Waals surface area contributed by atoms with Crippen LogP contribution in [0.5, 0.6) is 0 Å². The van der Waals surface area contributed by atoms with Gasteiger partial charge in [0.15, 0.2) is 0 Å². The van der Waals surface area contributed by atoms with E-state index in [1.54, 1.807) is 18.2 Å². The van der Waals surface area contributed by atoms with Crippen molar-refractivity contribution in [3.05, 3.63) is 54.1 Å². The third-order valence-corrected chi connectivity index (χ3v) is 4.46. The maximum absolute atomic E-state index is 12.0. The van der Waals surface area contributed by atoms with Gasteiger partial charge in [-0.2, -0.15) is 0 Å². The van der Waals surface area contributed by atoms with Crippen molar-refractivity contribution in [2.24, 2.45) is 5.14 Å². The molecule has 8 nitrogen and oxygen atoms in total. The van der Waals surface area contributed by atoms with Crippen LogP contribution in [0.15, 0.2) is 53.4 Å². The Morgan fingerprint density at radius 2 is 1.69 bits per heavy atom. The molecule has 0 unspecified atom stereocenters. The summed E-state index contributed by atoms with van der Waals surface area (Å²) >= 11 is 0. The summed E-state index contributed by atoms with van der Waals surface area (Å²) in [5.74, 6) is -1.59. The molecule has 0 aliphatic heterocycles. The maximum Gasteiger partial charge on any atom is 0.313 e. The summed E-state index contributed by atoms with van der Waals surface area (Å²) in [4.78, 5) is 25.7. The molecule has 26 heavy (non-hydrogen) atoms. The van der Waals surface area contributed by atoms with E-state index in [1.165, 1.54) is 24.3 Å². The van der Waals surface area contributed by atoms with Crippen LogP contribution in [0.25, 0.3) is 0 Å². The van der Waals surface area contributed by atoms with E-state index >= 15 is 0 Å². The lowest BCUT2D eigenvalue weighted by atomic mass is 10.2. The lowest BCUT2D eigenvalue weighted by Gasteiger charge is -2.14. The highest BCUT2D eigenvalue weighted by atomic mass is 32.2. The fraction of sp³-hybridized carbons (Fsp3) is 0.176. The van der Waals surface area contributed by atoms with Gasteiger partial charge in [-0.1, -0.05) is 18.2 Å². The van der Waals surface area contributed by atoms with Crippen LogP contribution in [0.4, 0.5) is 11.4 Å². The van der Waals surface area contributed by atoms with E-state index in [2.05, 4.69) is 10.6 Å². The highest BCUT2D eigenvalue weighted by Crippen LogP contribution is 2.17. The number of hydrogen-bond acceptors (Lipinski definition) is 5. The Balaban J connectivity index is 1.93. The molecule has 0 radical (unpaired) electrons. The fourth-order valence-electron chi connectivity index (χ4n) is 2.11. The minimum atomic E-state index is -3.76. The van der Waals surface area contributed by atoms with Crippen LogP contribution in [-0.2, 0) is 26.2 Å². The first-order valence-electron chi connectivity index (χ1n) is 7.65. The summed E-state index contributed by atoms with van der Waals surface area (Å²) in [5, 5.41) is 10.0. The first-order chi connectivity index (χ1) is 12.2. The molecule has 2 rings (SSSR count). The van der Waals surface area contributed by atoms with Gasteiger partial charge in [-0.25, -0.2) is 13.6 Å². The van der Waals surface area contributed by atoms with Gasteiger partial charge in [-0.15, -0.1) is 0 Å². The molecule has 0 aliphatic rings. The van der Waals surface area contributed by atoms with Crippen LogP contribution in [-0.4, -0.2) is 34.3 Å². The van der Waals surface area contributed by atoms with E-state index in [1.807, 2.05) is 25.1 Å². The molecule has 9 heteroatoms. The third-order valence-electron chi connectivity index (χ3n) is 3.53. The number of carbonyl (C=O) groups excluding carboxylic acids is 2. The second-order valence-corrected chi connectivity index (χ2v) is 7.33. The van der Waals surface area contributed by atoms with E-state index in [-0.39, 0.29) is 11.4 Å². The second kappa shape index (κ2) is 7.98. The van der Waals surface area contributed by atoms with Crippen molar-refractivity contribution in [3.8, 4) is 0 Å². The molecule has 4 N–H and O–H groups in total. The Morgan fingerprint density at radius 1 is 1.04 bits per heavy atom. The van der Waals surface area contributed by atoms with Crippen LogP contribution >= 0.6 is 0 Å². The summed E-state index contributed by atoms with van der Waals surface area (Å²) in [6, 6.07) is 12.8. The van der Waals surface area contributed by atoms with Crippen molar-refractivity contribution in [1.82, 2.24) is 5.32 Å². The van der Waals surface area contributed by atoms with Gasteiger partial charge in [0.25, 0.3) is 0 Å². The largest absolute Gasteiger partial charge is 0.378 e. The quantitative estimate of drug-likeness (QED) is 0.662. The topological polar surface area (TPSA) is 122 Å². The van der Waals surface area contributed by atoms with Gasteiger partial charge in [-0.3, -0.25) is 9.59 Å². The number of hydrogen-bond donors (Lipinski definition) is 3. The van der Waals surface area contributed by atoms with Gasteiger partial charge < -0.3 is 15.5 Å². The number of anilines is 2. The zero-order chi connectivity index (χ0) is 19.3. The minimum Gasteiger partial charge on any atom is -0.378 e. The third kappa shape index (κ3) is 5.30. The first-order valence-corrected chi connectivity index (χ1v) is 9.20. The van der Waals surface area contributed by atoms with Crippen molar-refractivity contribution >= 4 is 33.2 Å². The van der Waals surface area contributed by atoms with Crippen molar-refractivity contribution < 1.29 is 18.0 Å². The first kappa shape index (κ1) is 19.4. The summed E-state index contributed by atoms with van der Waals surface area (Å²) in [5.41, 5.74) is 2.03. The summed E-state index contributed by atoms with van der Waals surface area (Å²) in [7, 11) is -0.0238. The Morgan fingerprint density at radius 3 is 2.27 bits per heavy atom.